The van der Waals surface area contributed by atoms with E-state index in [4.69, 9.17) is 17.3 Å². The van der Waals surface area contributed by atoms with Gasteiger partial charge in [-0.3, -0.25) is 4.79 Å². The number of fused-ring (bicyclic) bond motifs is 1. The smallest absolute Gasteiger partial charge is 0.341 e. The Bertz CT molecular complexity index is 816. The predicted octanol–water partition coefficient (Wildman–Crippen LogP) is 2.48. The van der Waals surface area contributed by atoms with Crippen LogP contribution in [0.2, 0.25) is 5.02 Å². The molecule has 3 rings (SSSR count). The van der Waals surface area contributed by atoms with E-state index >= 15 is 0 Å². The van der Waals surface area contributed by atoms with Crippen molar-refractivity contribution in [1.82, 2.24) is 4.57 Å². The van der Waals surface area contributed by atoms with Gasteiger partial charge in [-0.15, -0.1) is 12.4 Å². The predicted molar refractivity (Wildman–Crippen MR) is 93.2 cm³/mol. The molecule has 4 N–H and O–H groups in total. The Morgan fingerprint density at radius 3 is 2.70 bits per heavy atom. The molecule has 1 aliphatic carbocycles. The zero-order valence-corrected chi connectivity index (χ0v) is 13.8. The van der Waals surface area contributed by atoms with Crippen LogP contribution in [0.15, 0.2) is 23.1 Å². The minimum atomic E-state index is -1.22. The number of carboxylic acid groups (broad SMARTS) is 1. The Labute approximate surface area is 143 Å². The highest BCUT2D eigenvalue weighted by molar-refractivity contribution is 6.34. The van der Waals surface area contributed by atoms with Crippen molar-refractivity contribution in [3.63, 3.8) is 0 Å². The van der Waals surface area contributed by atoms with Crippen LogP contribution in [0.5, 0.6) is 0 Å². The molecular weight excluding hydrogens is 341 g/mol. The van der Waals surface area contributed by atoms with E-state index in [0.717, 1.165) is 12.8 Å². The van der Waals surface area contributed by atoms with E-state index in [9.17, 15) is 14.7 Å². The Hall–Kier alpha value is -1.76. The van der Waals surface area contributed by atoms with E-state index in [2.05, 4.69) is 5.32 Å². The summed E-state index contributed by atoms with van der Waals surface area (Å²) in [5.74, 6) is -1.22. The number of pyridine rings is 1. The number of hydrogen-bond donors (Lipinski definition) is 3. The zero-order valence-electron chi connectivity index (χ0n) is 12.2. The average Bonchev–Trinajstić information content (AvgIpc) is 3.31. The number of benzene rings is 1. The number of rotatable bonds is 5. The molecule has 124 valence electrons. The summed E-state index contributed by atoms with van der Waals surface area (Å²) in [6.07, 6.45) is 3.34. The first kappa shape index (κ1) is 17.6. The molecule has 8 heteroatoms. The van der Waals surface area contributed by atoms with Gasteiger partial charge < -0.3 is 20.7 Å². The lowest BCUT2D eigenvalue weighted by molar-refractivity contribution is 0.0695. The minimum Gasteiger partial charge on any atom is -0.477 e. The number of nitrogens with two attached hydrogens (primary N) is 1. The molecule has 1 fully saturated rings. The van der Waals surface area contributed by atoms with E-state index in [-0.39, 0.29) is 24.0 Å². The lowest BCUT2D eigenvalue weighted by atomic mass is 10.1. The highest BCUT2D eigenvalue weighted by Gasteiger charge is 2.28. The largest absolute Gasteiger partial charge is 0.477 e. The van der Waals surface area contributed by atoms with Crippen LogP contribution in [-0.4, -0.2) is 28.7 Å². The van der Waals surface area contributed by atoms with E-state index in [1.165, 1.54) is 6.20 Å². The number of hydrogen-bond acceptors (Lipinski definition) is 4. The molecule has 1 saturated carbocycles. The lowest BCUT2D eigenvalue weighted by Crippen LogP contribution is -2.20. The Morgan fingerprint density at radius 1 is 1.43 bits per heavy atom. The first-order valence-electron chi connectivity index (χ1n) is 7.09. The van der Waals surface area contributed by atoms with Gasteiger partial charge in [-0.1, -0.05) is 11.6 Å². The molecule has 0 bridgehead atoms. The molecule has 0 aliphatic heterocycles. The van der Waals surface area contributed by atoms with E-state index in [1.54, 1.807) is 12.1 Å². The lowest BCUT2D eigenvalue weighted by Gasteiger charge is -2.17. The minimum absolute atomic E-state index is 0. The van der Waals surface area contributed by atoms with Gasteiger partial charge in [0, 0.05) is 30.7 Å². The summed E-state index contributed by atoms with van der Waals surface area (Å²) in [6.45, 7) is 0.936. The molecule has 1 heterocycles. The topological polar surface area (TPSA) is 97.3 Å². The second kappa shape index (κ2) is 6.78. The summed E-state index contributed by atoms with van der Waals surface area (Å²) in [5, 5.41) is 13.2. The van der Waals surface area contributed by atoms with Gasteiger partial charge in [-0.2, -0.15) is 0 Å². The maximum absolute atomic E-state index is 12.4. The highest BCUT2D eigenvalue weighted by Crippen LogP contribution is 2.40. The monoisotopic (exact) mass is 357 g/mol. The normalized spacial score (nSPS) is 13.7. The zero-order chi connectivity index (χ0) is 15.9. The van der Waals surface area contributed by atoms with Crippen LogP contribution in [0.1, 0.15) is 29.2 Å². The standard InChI is InChI=1S/C15H16ClN3O3.ClH/c16-11-4-3-9-13(12(11)18-6-5-17)19(8-1-2-8)7-10(14(9)20)15(21)22;/h3-4,7-8,18H,1-2,5-6,17H2,(H,21,22);1H. The van der Waals surface area contributed by atoms with Gasteiger partial charge in [0.1, 0.15) is 5.56 Å². The molecule has 0 saturated heterocycles. The molecule has 0 atom stereocenters. The van der Waals surface area contributed by atoms with E-state index < -0.39 is 11.4 Å². The van der Waals surface area contributed by atoms with E-state index in [1.807, 2.05) is 4.57 Å². The third-order valence-corrected chi connectivity index (χ3v) is 4.07. The van der Waals surface area contributed by atoms with Crippen molar-refractivity contribution in [2.45, 2.75) is 18.9 Å². The third kappa shape index (κ3) is 3.15. The fourth-order valence-electron chi connectivity index (χ4n) is 2.58. The number of aromatic nitrogens is 1. The quantitative estimate of drug-likeness (QED) is 0.763. The summed E-state index contributed by atoms with van der Waals surface area (Å²) in [7, 11) is 0. The third-order valence-electron chi connectivity index (χ3n) is 3.76. The van der Waals surface area contributed by atoms with Crippen LogP contribution < -0.4 is 16.5 Å². The molecular formula is C15H17Cl2N3O3. The van der Waals surface area contributed by atoms with Gasteiger partial charge in [0.25, 0.3) is 0 Å². The SMILES string of the molecule is Cl.NCCNc1c(Cl)ccc2c(=O)c(C(=O)O)cn(C3CC3)c12. The van der Waals surface area contributed by atoms with Crippen molar-refractivity contribution >= 4 is 46.6 Å². The summed E-state index contributed by atoms with van der Waals surface area (Å²) in [4.78, 5) is 23.7. The average molecular weight is 358 g/mol. The van der Waals surface area contributed by atoms with Crippen LogP contribution >= 0.6 is 24.0 Å². The van der Waals surface area contributed by atoms with Crippen LogP contribution in [0, 0.1) is 0 Å². The molecule has 0 radical (unpaired) electrons. The molecule has 6 nitrogen and oxygen atoms in total. The van der Waals surface area contributed by atoms with Crippen molar-refractivity contribution in [3.8, 4) is 0 Å². The van der Waals surface area contributed by atoms with Crippen LogP contribution in [0.3, 0.4) is 0 Å². The van der Waals surface area contributed by atoms with Gasteiger partial charge >= 0.3 is 5.97 Å². The molecule has 0 amide bonds. The second-order valence-electron chi connectivity index (χ2n) is 5.35. The molecule has 1 aromatic heterocycles. The Balaban J connectivity index is 0.00000192. The maximum Gasteiger partial charge on any atom is 0.341 e. The van der Waals surface area contributed by atoms with Crippen molar-refractivity contribution in [3.05, 3.63) is 39.1 Å². The van der Waals surface area contributed by atoms with Gasteiger partial charge in [0.15, 0.2) is 0 Å². The number of nitrogens with one attached hydrogen (secondary N) is 1. The van der Waals surface area contributed by atoms with Gasteiger partial charge in [-0.05, 0) is 25.0 Å². The number of aromatic carboxylic acids is 1. The van der Waals surface area contributed by atoms with Crippen molar-refractivity contribution < 1.29 is 9.90 Å². The molecule has 1 aromatic carbocycles. The number of halogens is 2. The molecule has 0 spiro atoms. The fraction of sp³-hybridized carbons (Fsp3) is 0.333. The van der Waals surface area contributed by atoms with Crippen LogP contribution in [-0.2, 0) is 0 Å². The van der Waals surface area contributed by atoms with Crippen molar-refractivity contribution in [2.75, 3.05) is 18.4 Å². The molecule has 0 unspecified atom stereocenters. The summed E-state index contributed by atoms with van der Waals surface area (Å²) >= 11 is 6.26. The second-order valence-corrected chi connectivity index (χ2v) is 5.76. The highest BCUT2D eigenvalue weighted by atomic mass is 35.5. The van der Waals surface area contributed by atoms with Crippen LogP contribution in [0.25, 0.3) is 10.9 Å². The Kier molecular flexibility index (Phi) is 5.19. The first-order chi connectivity index (χ1) is 10.5. The van der Waals surface area contributed by atoms with Gasteiger partial charge in [-0.25, -0.2) is 4.79 Å². The number of anilines is 1. The van der Waals surface area contributed by atoms with Crippen molar-refractivity contribution in [2.24, 2.45) is 5.73 Å². The van der Waals surface area contributed by atoms with Crippen LogP contribution in [0.4, 0.5) is 5.69 Å². The van der Waals surface area contributed by atoms with Gasteiger partial charge in [0.2, 0.25) is 5.43 Å². The number of nitrogens with zero attached hydrogens (tertiary/aromatic N) is 1. The molecule has 23 heavy (non-hydrogen) atoms. The summed E-state index contributed by atoms with van der Waals surface area (Å²) < 4.78 is 1.85. The summed E-state index contributed by atoms with van der Waals surface area (Å²) in [6, 6.07) is 3.39. The summed E-state index contributed by atoms with van der Waals surface area (Å²) in [5.41, 5.74) is 6.09. The first-order valence-corrected chi connectivity index (χ1v) is 7.47. The number of carboxylic acids is 1. The molecule has 1 aliphatic rings. The maximum atomic E-state index is 12.4. The Morgan fingerprint density at radius 2 is 2.13 bits per heavy atom. The molecule has 2 aromatic rings. The van der Waals surface area contributed by atoms with Gasteiger partial charge in [0.05, 0.1) is 16.2 Å². The fourth-order valence-corrected chi connectivity index (χ4v) is 2.80. The van der Waals surface area contributed by atoms with E-state index in [0.29, 0.717) is 34.7 Å². The number of carbonyl (C=O) groups is 1. The van der Waals surface area contributed by atoms with Crippen molar-refractivity contribution in [1.29, 1.82) is 0 Å².